The van der Waals surface area contributed by atoms with Crippen LogP contribution in [0, 0.1) is 0 Å². The molecular formula is C57H38O. The molecule has 0 saturated heterocycles. The Morgan fingerprint density at radius 3 is 1.60 bits per heavy atom. The zero-order chi connectivity index (χ0) is 38.5. The summed E-state index contributed by atoms with van der Waals surface area (Å²) in [6.45, 7) is 4.78. The van der Waals surface area contributed by atoms with Crippen LogP contribution in [-0.2, 0) is 5.41 Å². The van der Waals surface area contributed by atoms with Gasteiger partial charge in [-0.15, -0.1) is 0 Å². The van der Waals surface area contributed by atoms with Crippen LogP contribution < -0.4 is 0 Å². The molecule has 0 unspecified atom stereocenters. The molecule has 1 aromatic heterocycles. The molecule has 0 radical (unpaired) electrons. The Morgan fingerprint density at radius 2 is 0.862 bits per heavy atom. The summed E-state index contributed by atoms with van der Waals surface area (Å²) >= 11 is 0. The molecule has 1 nitrogen and oxygen atoms in total. The number of benzene rings is 10. The Bertz CT molecular complexity index is 3410. The lowest BCUT2D eigenvalue weighted by molar-refractivity contribution is 0.662. The van der Waals surface area contributed by atoms with Crippen molar-refractivity contribution < 1.29 is 4.42 Å². The van der Waals surface area contributed by atoms with Gasteiger partial charge in [-0.2, -0.15) is 0 Å². The van der Waals surface area contributed by atoms with Crippen molar-refractivity contribution in [2.45, 2.75) is 19.3 Å². The van der Waals surface area contributed by atoms with E-state index in [1.807, 2.05) is 12.1 Å². The molecular weight excluding hydrogens is 701 g/mol. The Hall–Kier alpha value is -7.22. The van der Waals surface area contributed by atoms with Crippen LogP contribution in [0.4, 0.5) is 0 Å². The van der Waals surface area contributed by atoms with Crippen LogP contribution in [0.15, 0.2) is 199 Å². The first-order valence-electron chi connectivity index (χ1n) is 20.3. The van der Waals surface area contributed by atoms with E-state index in [9.17, 15) is 0 Å². The molecule has 0 saturated carbocycles. The van der Waals surface area contributed by atoms with E-state index in [0.29, 0.717) is 0 Å². The smallest absolute Gasteiger partial charge is 0.135 e. The largest absolute Gasteiger partial charge is 0.456 e. The van der Waals surface area contributed by atoms with Crippen LogP contribution in [0.5, 0.6) is 0 Å². The van der Waals surface area contributed by atoms with Crippen molar-refractivity contribution in [2.75, 3.05) is 0 Å². The third kappa shape index (κ3) is 4.71. The van der Waals surface area contributed by atoms with Crippen molar-refractivity contribution in [1.82, 2.24) is 0 Å². The fourth-order valence-corrected chi connectivity index (χ4v) is 10.3. The van der Waals surface area contributed by atoms with Crippen molar-refractivity contribution in [3.05, 3.63) is 205 Å². The van der Waals surface area contributed by atoms with Gasteiger partial charge in [0, 0.05) is 16.2 Å². The summed E-state index contributed by atoms with van der Waals surface area (Å²) in [6.07, 6.45) is 0. The van der Waals surface area contributed by atoms with Crippen LogP contribution in [-0.4, -0.2) is 0 Å². The van der Waals surface area contributed by atoms with Gasteiger partial charge in [0.15, 0.2) is 0 Å². The fraction of sp³-hybridized carbons (Fsp3) is 0.0526. The van der Waals surface area contributed by atoms with E-state index in [2.05, 4.69) is 196 Å². The number of hydrogen-bond acceptors (Lipinski definition) is 1. The molecule has 0 bridgehead atoms. The molecule has 10 aromatic carbocycles. The van der Waals surface area contributed by atoms with Crippen molar-refractivity contribution >= 4 is 54.3 Å². The van der Waals surface area contributed by atoms with Gasteiger partial charge in [0.25, 0.3) is 0 Å². The number of rotatable bonds is 4. The Kier molecular flexibility index (Phi) is 7.04. The van der Waals surface area contributed by atoms with Crippen LogP contribution >= 0.6 is 0 Å². The minimum atomic E-state index is -0.124. The van der Waals surface area contributed by atoms with E-state index in [-0.39, 0.29) is 5.41 Å². The van der Waals surface area contributed by atoms with Crippen LogP contribution in [0.2, 0.25) is 0 Å². The SMILES string of the molecule is CC1(C)c2ccc3ccccc3c2-c2cccc(-c3ccc(-c4c5ccccc5c(-c5ccccc5-c5ccc6oc7ccccc7c6c5)c5ccccc45)cc3)c21. The molecule has 1 heterocycles. The maximum Gasteiger partial charge on any atom is 0.135 e. The van der Waals surface area contributed by atoms with E-state index >= 15 is 0 Å². The van der Waals surface area contributed by atoms with Gasteiger partial charge in [-0.25, -0.2) is 0 Å². The van der Waals surface area contributed by atoms with Gasteiger partial charge in [-0.05, 0) is 117 Å². The topological polar surface area (TPSA) is 13.1 Å². The normalized spacial score (nSPS) is 13.1. The minimum Gasteiger partial charge on any atom is -0.456 e. The third-order valence-electron chi connectivity index (χ3n) is 12.9. The molecule has 1 aliphatic rings. The summed E-state index contributed by atoms with van der Waals surface area (Å²) in [6, 6.07) is 71.4. The average Bonchev–Trinajstić information content (AvgIpc) is 3.77. The zero-order valence-electron chi connectivity index (χ0n) is 32.4. The molecule has 0 aliphatic heterocycles. The summed E-state index contributed by atoms with van der Waals surface area (Å²) in [5.74, 6) is 0. The second-order valence-corrected chi connectivity index (χ2v) is 16.3. The first kappa shape index (κ1) is 33.0. The molecule has 11 aromatic rings. The van der Waals surface area contributed by atoms with Gasteiger partial charge >= 0.3 is 0 Å². The van der Waals surface area contributed by atoms with Crippen molar-refractivity contribution in [1.29, 1.82) is 0 Å². The molecule has 1 heteroatoms. The molecule has 0 N–H and O–H groups in total. The van der Waals surface area contributed by atoms with E-state index in [1.165, 1.54) is 99.1 Å². The van der Waals surface area contributed by atoms with Crippen LogP contribution in [0.25, 0.3) is 110 Å². The fourth-order valence-electron chi connectivity index (χ4n) is 10.3. The molecule has 0 fully saturated rings. The summed E-state index contributed by atoms with van der Waals surface area (Å²) < 4.78 is 6.22. The van der Waals surface area contributed by atoms with Gasteiger partial charge in [0.05, 0.1) is 0 Å². The van der Waals surface area contributed by atoms with Crippen LogP contribution in [0.1, 0.15) is 25.0 Å². The Labute approximate surface area is 337 Å². The first-order chi connectivity index (χ1) is 28.5. The molecule has 58 heavy (non-hydrogen) atoms. The number of hydrogen-bond donors (Lipinski definition) is 0. The molecule has 0 spiro atoms. The molecule has 12 rings (SSSR count). The quantitative estimate of drug-likeness (QED) is 0.164. The average molecular weight is 739 g/mol. The highest BCUT2D eigenvalue weighted by atomic mass is 16.3. The van der Waals surface area contributed by atoms with Crippen molar-refractivity contribution in [3.63, 3.8) is 0 Å². The zero-order valence-corrected chi connectivity index (χ0v) is 32.4. The number of para-hydroxylation sites is 1. The maximum atomic E-state index is 6.22. The molecule has 1 aliphatic carbocycles. The monoisotopic (exact) mass is 738 g/mol. The summed E-state index contributed by atoms with van der Waals surface area (Å²) in [4.78, 5) is 0. The summed E-state index contributed by atoms with van der Waals surface area (Å²) in [7, 11) is 0. The highest BCUT2D eigenvalue weighted by molar-refractivity contribution is 6.22. The molecule has 272 valence electrons. The lowest BCUT2D eigenvalue weighted by Crippen LogP contribution is -2.16. The van der Waals surface area contributed by atoms with Crippen LogP contribution in [0.3, 0.4) is 0 Å². The predicted octanol–water partition coefficient (Wildman–Crippen LogP) is 16.0. The predicted molar refractivity (Wildman–Crippen MR) is 246 cm³/mol. The summed E-state index contributed by atoms with van der Waals surface area (Å²) in [5.41, 5.74) is 17.1. The molecule has 0 atom stereocenters. The second-order valence-electron chi connectivity index (χ2n) is 16.3. The van der Waals surface area contributed by atoms with Gasteiger partial charge in [0.1, 0.15) is 11.2 Å². The van der Waals surface area contributed by atoms with Gasteiger partial charge in [-0.3, -0.25) is 0 Å². The lowest BCUT2D eigenvalue weighted by atomic mass is 9.78. The second kappa shape index (κ2) is 12.4. The Balaban J connectivity index is 1.02. The van der Waals surface area contributed by atoms with E-state index in [1.54, 1.807) is 0 Å². The maximum absolute atomic E-state index is 6.22. The number of fused-ring (bicyclic) bond motifs is 10. The summed E-state index contributed by atoms with van der Waals surface area (Å²) in [5, 5.41) is 9.89. The van der Waals surface area contributed by atoms with E-state index in [4.69, 9.17) is 4.42 Å². The minimum absolute atomic E-state index is 0.124. The van der Waals surface area contributed by atoms with Gasteiger partial charge < -0.3 is 4.42 Å². The molecule has 0 amide bonds. The third-order valence-corrected chi connectivity index (χ3v) is 12.9. The lowest BCUT2D eigenvalue weighted by Gasteiger charge is -2.25. The highest BCUT2D eigenvalue weighted by Crippen LogP contribution is 2.54. The van der Waals surface area contributed by atoms with Crippen molar-refractivity contribution in [3.8, 4) is 55.6 Å². The first-order valence-corrected chi connectivity index (χ1v) is 20.3. The van der Waals surface area contributed by atoms with Gasteiger partial charge in [0.2, 0.25) is 0 Å². The standard InChI is InChI=1S/C57H38O/c1-57(2)50-32-30-35-14-3-4-16-40(35)55(50)48-24-13-23-41(56(48)57)36-26-28-37(29-27-36)53-44-19-7-9-21-46(44)54(47-22-10-8-20-45(47)53)43-18-6-5-15-39(43)38-31-33-52-49(34-38)42-17-11-12-25-51(42)58-52/h3-34H,1-2H3. The highest BCUT2D eigenvalue weighted by Gasteiger charge is 2.38. The number of furan rings is 1. The van der Waals surface area contributed by atoms with E-state index in [0.717, 1.165) is 21.9 Å². The van der Waals surface area contributed by atoms with Gasteiger partial charge in [-0.1, -0.05) is 190 Å². The Morgan fingerprint density at radius 1 is 0.328 bits per heavy atom. The van der Waals surface area contributed by atoms with Crippen molar-refractivity contribution in [2.24, 2.45) is 0 Å². The van der Waals surface area contributed by atoms with E-state index < -0.39 is 0 Å².